The Morgan fingerprint density at radius 1 is 1.88 bits per heavy atom. The van der Waals surface area contributed by atoms with Gasteiger partial charge in [0.2, 0.25) is 0 Å². The predicted molar refractivity (Wildman–Crippen MR) is 29.9 cm³/mol. The molecule has 1 rings (SSSR count). The first-order valence-corrected chi connectivity index (χ1v) is 2.13. The number of nitriles is 1. The maximum Gasteiger partial charge on any atom is 0.120 e. The van der Waals surface area contributed by atoms with Gasteiger partial charge in [0.05, 0.1) is 6.54 Å². The molecule has 0 amide bonds. The molecule has 3 heteroatoms. The summed E-state index contributed by atoms with van der Waals surface area (Å²) in [7, 11) is 0. The van der Waals surface area contributed by atoms with Crippen LogP contribution >= 0.6 is 0 Å². The van der Waals surface area contributed by atoms with Gasteiger partial charge in [-0.3, -0.25) is 4.99 Å². The topological polar surface area (TPSA) is 48.5 Å². The van der Waals surface area contributed by atoms with E-state index in [1.165, 1.54) is 6.34 Å². The normalized spacial score (nSPS) is 15.1. The Morgan fingerprint density at radius 3 is 3.12 bits per heavy atom. The van der Waals surface area contributed by atoms with Gasteiger partial charge in [0, 0.05) is 5.87 Å². The number of nitrogens with zero attached hydrogens (tertiary/aromatic N) is 3. The smallest absolute Gasteiger partial charge is 0.120 e. The lowest BCUT2D eigenvalue weighted by molar-refractivity contribution is 1.19. The van der Waals surface area contributed by atoms with Crippen LogP contribution in [-0.4, -0.2) is 18.8 Å². The Kier molecular flexibility index (Phi) is 1.23. The Labute approximate surface area is 46.7 Å². The Balaban J connectivity index is 2.89. The highest BCUT2D eigenvalue weighted by molar-refractivity contribution is 5.77. The molecule has 8 heavy (non-hydrogen) atoms. The minimum absolute atomic E-state index is 0.431. The Hall–Kier alpha value is -1.39. The highest BCUT2D eigenvalue weighted by Crippen LogP contribution is 1.88. The van der Waals surface area contributed by atoms with Crippen molar-refractivity contribution in [2.24, 2.45) is 9.98 Å². The lowest BCUT2D eigenvalue weighted by Crippen LogP contribution is -1.90. The van der Waals surface area contributed by atoms with Crippen LogP contribution in [0.2, 0.25) is 0 Å². The van der Waals surface area contributed by atoms with Crippen LogP contribution in [0.25, 0.3) is 0 Å². The molecule has 1 aliphatic rings. The average molecular weight is 105 g/mol. The zero-order valence-corrected chi connectivity index (χ0v) is 4.13. The van der Waals surface area contributed by atoms with E-state index in [1.807, 2.05) is 6.07 Å². The van der Waals surface area contributed by atoms with Crippen LogP contribution < -0.4 is 0 Å². The number of rotatable bonds is 0. The van der Waals surface area contributed by atoms with Crippen molar-refractivity contribution in [3.8, 4) is 6.07 Å². The van der Waals surface area contributed by atoms with Crippen molar-refractivity contribution in [2.45, 2.75) is 0 Å². The van der Waals surface area contributed by atoms with E-state index in [-0.39, 0.29) is 0 Å². The third-order valence-corrected chi connectivity index (χ3v) is 0.723. The summed E-state index contributed by atoms with van der Waals surface area (Å²) in [4.78, 5) is 7.24. The van der Waals surface area contributed by atoms with Gasteiger partial charge in [0.15, 0.2) is 0 Å². The van der Waals surface area contributed by atoms with Crippen LogP contribution in [-0.2, 0) is 0 Å². The van der Waals surface area contributed by atoms with Gasteiger partial charge in [-0.2, -0.15) is 10.3 Å². The fourth-order valence-corrected chi connectivity index (χ4v) is 0.375. The molecular formula is C5H3N3. The molecule has 0 radical (unpaired) electrons. The van der Waals surface area contributed by atoms with Gasteiger partial charge in [0.25, 0.3) is 0 Å². The second kappa shape index (κ2) is 2.06. The molecule has 38 valence electrons. The average Bonchev–Trinajstić information content (AvgIpc) is 1.90. The van der Waals surface area contributed by atoms with E-state index >= 15 is 0 Å². The molecule has 0 aliphatic carbocycles. The maximum atomic E-state index is 8.21. The van der Waals surface area contributed by atoms with Crippen LogP contribution in [0, 0.1) is 11.3 Å². The minimum Gasteiger partial charge on any atom is -0.266 e. The standard InChI is InChI=1S/C5H3N3/c6-1-5-2-7-4-8-3-5/h4H,2H2. The van der Waals surface area contributed by atoms with Crippen molar-refractivity contribution in [3.63, 3.8) is 0 Å². The summed E-state index contributed by atoms with van der Waals surface area (Å²) in [6.45, 7) is 0.431. The second-order valence-electron chi connectivity index (χ2n) is 1.29. The van der Waals surface area contributed by atoms with Crippen molar-refractivity contribution in [2.75, 3.05) is 6.54 Å². The molecule has 0 aromatic heterocycles. The van der Waals surface area contributed by atoms with Crippen molar-refractivity contribution in [1.82, 2.24) is 0 Å². The number of hydrogen-bond donors (Lipinski definition) is 0. The highest BCUT2D eigenvalue weighted by atomic mass is 14.9. The van der Waals surface area contributed by atoms with E-state index in [0.29, 0.717) is 12.1 Å². The first-order valence-electron chi connectivity index (χ1n) is 2.13. The van der Waals surface area contributed by atoms with E-state index < -0.39 is 0 Å². The van der Waals surface area contributed by atoms with Crippen molar-refractivity contribution in [1.29, 1.82) is 5.26 Å². The van der Waals surface area contributed by atoms with E-state index in [4.69, 9.17) is 5.26 Å². The zero-order valence-electron chi connectivity index (χ0n) is 4.13. The summed E-state index contributed by atoms with van der Waals surface area (Å²) >= 11 is 0. The van der Waals surface area contributed by atoms with E-state index in [1.54, 1.807) is 0 Å². The van der Waals surface area contributed by atoms with Gasteiger partial charge in [0.1, 0.15) is 18.0 Å². The predicted octanol–water partition coefficient (Wildman–Crippen LogP) is 0.148. The van der Waals surface area contributed by atoms with Gasteiger partial charge < -0.3 is 0 Å². The molecule has 0 atom stereocenters. The van der Waals surface area contributed by atoms with Crippen LogP contribution in [0.4, 0.5) is 0 Å². The van der Waals surface area contributed by atoms with E-state index in [0.717, 1.165) is 0 Å². The number of aliphatic imine (C=N–C) groups is 2. The molecule has 0 bridgehead atoms. The van der Waals surface area contributed by atoms with Crippen LogP contribution in [0.5, 0.6) is 0 Å². The number of hydrogen-bond acceptors (Lipinski definition) is 3. The summed E-state index contributed by atoms with van der Waals surface area (Å²) in [5, 5.41) is 8.21. The van der Waals surface area contributed by atoms with Crippen LogP contribution in [0.1, 0.15) is 0 Å². The lowest BCUT2D eigenvalue weighted by Gasteiger charge is -1.86. The molecule has 0 saturated carbocycles. The van der Waals surface area contributed by atoms with Crippen molar-refractivity contribution >= 4 is 12.2 Å². The quantitative estimate of drug-likeness (QED) is 0.432. The highest BCUT2D eigenvalue weighted by Gasteiger charge is 1.91. The first-order chi connectivity index (χ1) is 3.93. The van der Waals surface area contributed by atoms with Crippen molar-refractivity contribution in [3.05, 3.63) is 5.57 Å². The monoisotopic (exact) mass is 105 g/mol. The maximum absolute atomic E-state index is 8.21. The fraction of sp³-hybridized carbons (Fsp3) is 0.200. The molecule has 1 aliphatic heterocycles. The Morgan fingerprint density at radius 2 is 2.75 bits per heavy atom. The molecule has 0 fully saturated rings. The summed E-state index contributed by atoms with van der Waals surface area (Å²) in [5.41, 5.74) is 0.493. The largest absolute Gasteiger partial charge is 0.266 e. The molecular weight excluding hydrogens is 102 g/mol. The van der Waals surface area contributed by atoms with E-state index in [9.17, 15) is 0 Å². The Bertz CT molecular complexity index is 212. The van der Waals surface area contributed by atoms with Crippen LogP contribution in [0.3, 0.4) is 0 Å². The summed E-state index contributed by atoms with van der Waals surface area (Å²) < 4.78 is 0. The van der Waals surface area contributed by atoms with Gasteiger partial charge >= 0.3 is 0 Å². The summed E-state index contributed by atoms with van der Waals surface area (Å²) in [5.74, 6) is 2.50. The molecule has 1 heterocycles. The van der Waals surface area contributed by atoms with Gasteiger partial charge in [-0.05, 0) is 0 Å². The minimum atomic E-state index is 0.431. The molecule has 0 aromatic carbocycles. The first kappa shape index (κ1) is 4.76. The molecule has 0 N–H and O–H groups in total. The van der Waals surface area contributed by atoms with E-state index in [2.05, 4.69) is 15.9 Å². The van der Waals surface area contributed by atoms with Gasteiger partial charge in [-0.25, -0.2) is 0 Å². The molecule has 0 aromatic rings. The zero-order chi connectivity index (χ0) is 5.82. The van der Waals surface area contributed by atoms with Gasteiger partial charge in [-0.15, -0.1) is 0 Å². The molecule has 0 saturated heterocycles. The third kappa shape index (κ3) is 0.810. The second-order valence-corrected chi connectivity index (χ2v) is 1.29. The van der Waals surface area contributed by atoms with Crippen LogP contribution in [0.15, 0.2) is 15.6 Å². The lowest BCUT2D eigenvalue weighted by atomic mass is 10.3. The molecule has 0 spiro atoms. The third-order valence-electron chi connectivity index (χ3n) is 0.723. The molecule has 3 nitrogen and oxygen atoms in total. The summed E-state index contributed by atoms with van der Waals surface area (Å²) in [6.07, 6.45) is 1.39. The fourth-order valence-electron chi connectivity index (χ4n) is 0.375. The van der Waals surface area contributed by atoms with Crippen molar-refractivity contribution < 1.29 is 0 Å². The van der Waals surface area contributed by atoms with Gasteiger partial charge in [-0.1, -0.05) is 0 Å². The summed E-state index contributed by atoms with van der Waals surface area (Å²) in [6, 6.07) is 1.90. The SMILES string of the molecule is N#CC1=C=NC=NC1. The molecule has 0 unspecified atom stereocenters.